The van der Waals surface area contributed by atoms with Crippen LogP contribution in [0.2, 0.25) is 0 Å². The lowest BCUT2D eigenvalue weighted by atomic mass is 10.1. The molecule has 3 nitrogen and oxygen atoms in total. The molecule has 0 radical (unpaired) electrons. The normalized spacial score (nSPS) is 21.1. The summed E-state index contributed by atoms with van der Waals surface area (Å²) in [6, 6.07) is 8.87. The SMILES string of the molecule is Cl.O=C(CCC1CCCN1)Nc1ccc(SC2CCCC2)cc1. The summed E-state index contributed by atoms with van der Waals surface area (Å²) >= 11 is 1.98. The Morgan fingerprint density at radius 1 is 1.13 bits per heavy atom. The van der Waals surface area contributed by atoms with Gasteiger partial charge in [0.1, 0.15) is 0 Å². The molecule has 23 heavy (non-hydrogen) atoms. The van der Waals surface area contributed by atoms with E-state index in [0.29, 0.717) is 12.5 Å². The summed E-state index contributed by atoms with van der Waals surface area (Å²) in [7, 11) is 0. The Morgan fingerprint density at radius 2 is 1.87 bits per heavy atom. The quantitative estimate of drug-likeness (QED) is 0.783. The Kier molecular flexibility index (Phi) is 7.74. The van der Waals surface area contributed by atoms with E-state index in [1.807, 2.05) is 23.9 Å². The molecule has 1 aromatic rings. The predicted molar refractivity (Wildman–Crippen MR) is 101 cm³/mol. The van der Waals surface area contributed by atoms with Crippen LogP contribution < -0.4 is 10.6 Å². The molecule has 128 valence electrons. The molecule has 1 amide bonds. The molecule has 3 rings (SSSR count). The van der Waals surface area contributed by atoms with Crippen molar-refractivity contribution in [3.8, 4) is 0 Å². The highest BCUT2D eigenvalue weighted by molar-refractivity contribution is 8.00. The van der Waals surface area contributed by atoms with Crippen molar-refractivity contribution in [1.29, 1.82) is 0 Å². The van der Waals surface area contributed by atoms with Crippen molar-refractivity contribution in [2.45, 2.75) is 67.6 Å². The molecule has 1 atom stereocenters. The maximum absolute atomic E-state index is 12.0. The first-order chi connectivity index (χ1) is 10.8. The van der Waals surface area contributed by atoms with Gasteiger partial charge in [-0.1, -0.05) is 12.8 Å². The maximum Gasteiger partial charge on any atom is 0.224 e. The Labute approximate surface area is 149 Å². The first-order valence-electron chi connectivity index (χ1n) is 8.59. The fourth-order valence-electron chi connectivity index (χ4n) is 3.35. The van der Waals surface area contributed by atoms with Gasteiger partial charge in [0.15, 0.2) is 0 Å². The smallest absolute Gasteiger partial charge is 0.224 e. The number of benzene rings is 1. The van der Waals surface area contributed by atoms with E-state index in [2.05, 4.69) is 22.8 Å². The molecule has 1 unspecified atom stereocenters. The molecule has 2 aliphatic rings. The molecule has 0 bridgehead atoms. The van der Waals surface area contributed by atoms with Gasteiger partial charge in [-0.3, -0.25) is 4.79 Å². The van der Waals surface area contributed by atoms with Gasteiger partial charge in [-0.15, -0.1) is 24.2 Å². The lowest BCUT2D eigenvalue weighted by Gasteiger charge is -2.11. The second-order valence-corrected chi connectivity index (χ2v) is 7.80. The Hall–Kier alpha value is -0.710. The van der Waals surface area contributed by atoms with Gasteiger partial charge in [-0.05, 0) is 62.9 Å². The Bertz CT molecular complexity index is 482. The van der Waals surface area contributed by atoms with Crippen LogP contribution in [0, 0.1) is 0 Å². The highest BCUT2D eigenvalue weighted by atomic mass is 35.5. The molecule has 1 aliphatic heterocycles. The van der Waals surface area contributed by atoms with Crippen molar-refractivity contribution in [3.05, 3.63) is 24.3 Å². The van der Waals surface area contributed by atoms with Crippen LogP contribution in [0.5, 0.6) is 0 Å². The van der Waals surface area contributed by atoms with Gasteiger partial charge < -0.3 is 10.6 Å². The monoisotopic (exact) mass is 354 g/mol. The molecule has 0 aromatic heterocycles. The van der Waals surface area contributed by atoms with Crippen LogP contribution in [0.3, 0.4) is 0 Å². The average Bonchev–Trinajstić information content (AvgIpc) is 3.20. The summed E-state index contributed by atoms with van der Waals surface area (Å²) in [6.45, 7) is 1.10. The topological polar surface area (TPSA) is 41.1 Å². The van der Waals surface area contributed by atoms with Crippen molar-refractivity contribution >= 4 is 35.8 Å². The zero-order valence-corrected chi connectivity index (χ0v) is 15.2. The minimum absolute atomic E-state index is 0. The standard InChI is InChI=1S/C18H26N2OS.ClH/c21-18(12-9-14-4-3-13-19-14)20-15-7-10-17(11-8-15)22-16-5-1-2-6-16;/h7-8,10-11,14,16,19H,1-6,9,12-13H2,(H,20,21);1H. The van der Waals surface area contributed by atoms with E-state index in [1.165, 1.54) is 43.4 Å². The largest absolute Gasteiger partial charge is 0.326 e. The number of nitrogens with one attached hydrogen (secondary N) is 2. The average molecular weight is 355 g/mol. The van der Waals surface area contributed by atoms with E-state index in [1.54, 1.807) is 0 Å². The van der Waals surface area contributed by atoms with Crippen LogP contribution in [0.25, 0.3) is 0 Å². The van der Waals surface area contributed by atoms with Crippen LogP contribution >= 0.6 is 24.2 Å². The van der Waals surface area contributed by atoms with Gasteiger partial charge in [0, 0.05) is 28.3 Å². The van der Waals surface area contributed by atoms with Gasteiger partial charge in [-0.25, -0.2) is 0 Å². The molecule has 2 fully saturated rings. The van der Waals surface area contributed by atoms with E-state index in [4.69, 9.17) is 0 Å². The molecular formula is C18H27ClN2OS. The molecule has 1 heterocycles. The van der Waals surface area contributed by atoms with Gasteiger partial charge in [-0.2, -0.15) is 0 Å². The van der Waals surface area contributed by atoms with E-state index in [0.717, 1.165) is 23.9 Å². The molecule has 1 saturated heterocycles. The number of hydrogen-bond donors (Lipinski definition) is 2. The third-order valence-corrected chi connectivity index (χ3v) is 5.97. The summed E-state index contributed by atoms with van der Waals surface area (Å²) in [4.78, 5) is 13.3. The molecule has 2 N–H and O–H groups in total. The van der Waals surface area contributed by atoms with Crippen LogP contribution in [-0.2, 0) is 4.79 Å². The van der Waals surface area contributed by atoms with Gasteiger partial charge >= 0.3 is 0 Å². The first-order valence-corrected chi connectivity index (χ1v) is 9.47. The van der Waals surface area contributed by atoms with Gasteiger partial charge in [0.05, 0.1) is 0 Å². The van der Waals surface area contributed by atoms with E-state index < -0.39 is 0 Å². The predicted octanol–water partition coefficient (Wildman–Crippen LogP) is 4.61. The third-order valence-electron chi connectivity index (χ3n) is 4.63. The van der Waals surface area contributed by atoms with Gasteiger partial charge in [0.2, 0.25) is 5.91 Å². The number of anilines is 1. The van der Waals surface area contributed by atoms with E-state index in [-0.39, 0.29) is 18.3 Å². The minimum Gasteiger partial charge on any atom is -0.326 e. The first kappa shape index (κ1) is 18.6. The van der Waals surface area contributed by atoms with Crippen molar-refractivity contribution in [1.82, 2.24) is 5.32 Å². The highest BCUT2D eigenvalue weighted by Gasteiger charge is 2.17. The maximum atomic E-state index is 12.0. The number of hydrogen-bond acceptors (Lipinski definition) is 3. The number of rotatable bonds is 6. The summed E-state index contributed by atoms with van der Waals surface area (Å²) in [5, 5.41) is 7.24. The van der Waals surface area contributed by atoms with Crippen LogP contribution in [0.15, 0.2) is 29.2 Å². The molecule has 1 aromatic carbocycles. The molecule has 1 saturated carbocycles. The molecule has 5 heteroatoms. The van der Waals surface area contributed by atoms with Gasteiger partial charge in [0.25, 0.3) is 0 Å². The highest BCUT2D eigenvalue weighted by Crippen LogP contribution is 2.34. The number of amides is 1. The fraction of sp³-hybridized carbons (Fsp3) is 0.611. The Morgan fingerprint density at radius 3 is 2.52 bits per heavy atom. The van der Waals surface area contributed by atoms with Crippen LogP contribution in [0.4, 0.5) is 5.69 Å². The van der Waals surface area contributed by atoms with E-state index >= 15 is 0 Å². The number of thioether (sulfide) groups is 1. The zero-order valence-electron chi connectivity index (χ0n) is 13.6. The van der Waals surface area contributed by atoms with Crippen LogP contribution in [0.1, 0.15) is 51.4 Å². The summed E-state index contributed by atoms with van der Waals surface area (Å²) in [5.41, 5.74) is 0.917. The van der Waals surface area contributed by atoms with Crippen molar-refractivity contribution in [2.24, 2.45) is 0 Å². The second-order valence-electron chi connectivity index (χ2n) is 6.43. The fourth-order valence-corrected chi connectivity index (χ4v) is 4.59. The summed E-state index contributed by atoms with van der Waals surface area (Å²) in [6.07, 6.45) is 9.45. The number of carbonyl (C=O) groups excluding carboxylic acids is 1. The zero-order chi connectivity index (χ0) is 15.2. The lowest BCUT2D eigenvalue weighted by molar-refractivity contribution is -0.116. The minimum atomic E-state index is 0. The van der Waals surface area contributed by atoms with Crippen molar-refractivity contribution < 1.29 is 4.79 Å². The molecule has 0 spiro atoms. The van der Waals surface area contributed by atoms with Crippen molar-refractivity contribution in [2.75, 3.05) is 11.9 Å². The molecular weight excluding hydrogens is 328 g/mol. The molecule has 1 aliphatic carbocycles. The van der Waals surface area contributed by atoms with Crippen LogP contribution in [-0.4, -0.2) is 23.7 Å². The summed E-state index contributed by atoms with van der Waals surface area (Å²) < 4.78 is 0. The van der Waals surface area contributed by atoms with Crippen molar-refractivity contribution in [3.63, 3.8) is 0 Å². The Balaban J connectivity index is 0.00000192. The third kappa shape index (κ3) is 6.02. The number of carbonyl (C=O) groups is 1. The number of halogens is 1. The summed E-state index contributed by atoms with van der Waals surface area (Å²) in [5.74, 6) is 0.130. The lowest BCUT2D eigenvalue weighted by Crippen LogP contribution is -2.23. The van der Waals surface area contributed by atoms with E-state index in [9.17, 15) is 4.79 Å². The second kappa shape index (κ2) is 9.55.